The lowest BCUT2D eigenvalue weighted by Gasteiger charge is -2.38. The van der Waals surface area contributed by atoms with E-state index in [-0.39, 0.29) is 5.56 Å². The van der Waals surface area contributed by atoms with Crippen molar-refractivity contribution < 1.29 is 37.7 Å². The number of methoxy groups -OCH3 is 1. The number of rotatable bonds is 7. The Hall–Kier alpha value is -2.91. The zero-order valence-electron chi connectivity index (χ0n) is 14.7. The zero-order valence-corrected chi connectivity index (χ0v) is 14.7. The number of carbonyl (C=O) groups is 2. The summed E-state index contributed by atoms with van der Waals surface area (Å²) in [5, 5.41) is 22.7. The Bertz CT molecular complexity index is 877. The average molecular weight is 396 g/mol. The van der Waals surface area contributed by atoms with E-state index in [4.69, 9.17) is 5.73 Å². The highest BCUT2D eigenvalue weighted by atomic mass is 19.2. The van der Waals surface area contributed by atoms with E-state index in [9.17, 15) is 33.0 Å². The minimum Gasteiger partial charge on any atom is -0.547 e. The highest BCUT2D eigenvalue weighted by Crippen LogP contribution is 2.33. The van der Waals surface area contributed by atoms with Gasteiger partial charge in [-0.15, -0.1) is 0 Å². The standard InChI is InChI=1S/C19H18F3NO5/c1-28-17(24)16(19(27,18(25)26)11-5-3-2-4-6-11)15(23)8-10-7-13(21)14(22)9-12(10)20/h2-7,9,15-16,27H,8,23H2,1H3,(H,25,26)/p-1. The summed E-state index contributed by atoms with van der Waals surface area (Å²) in [6.45, 7) is 0. The Morgan fingerprint density at radius 2 is 1.71 bits per heavy atom. The maximum atomic E-state index is 13.9. The van der Waals surface area contributed by atoms with E-state index in [1.165, 1.54) is 24.3 Å². The van der Waals surface area contributed by atoms with Crippen LogP contribution in [-0.2, 0) is 26.3 Å². The van der Waals surface area contributed by atoms with Crippen LogP contribution in [0.3, 0.4) is 0 Å². The molecule has 0 saturated carbocycles. The van der Waals surface area contributed by atoms with E-state index < -0.39 is 58.9 Å². The monoisotopic (exact) mass is 396 g/mol. The third-order valence-electron chi connectivity index (χ3n) is 4.40. The number of benzene rings is 2. The molecule has 0 fully saturated rings. The van der Waals surface area contributed by atoms with Crippen molar-refractivity contribution >= 4 is 11.9 Å². The summed E-state index contributed by atoms with van der Waals surface area (Å²) in [5.41, 5.74) is 2.37. The van der Waals surface area contributed by atoms with E-state index in [0.717, 1.165) is 7.11 Å². The summed E-state index contributed by atoms with van der Waals surface area (Å²) < 4.78 is 45.1. The first-order chi connectivity index (χ1) is 13.1. The molecule has 28 heavy (non-hydrogen) atoms. The van der Waals surface area contributed by atoms with E-state index >= 15 is 0 Å². The molecule has 9 heteroatoms. The first-order valence-electron chi connectivity index (χ1n) is 8.09. The summed E-state index contributed by atoms with van der Waals surface area (Å²) in [4.78, 5) is 24.1. The SMILES string of the molecule is COC(=O)C(C(N)Cc1cc(F)c(F)cc1F)C(O)(C(=O)[O-])c1ccccc1. The van der Waals surface area contributed by atoms with Gasteiger partial charge in [-0.1, -0.05) is 30.3 Å². The van der Waals surface area contributed by atoms with Crippen molar-refractivity contribution in [2.24, 2.45) is 11.7 Å². The molecule has 2 aromatic carbocycles. The molecule has 3 unspecified atom stereocenters. The fourth-order valence-corrected chi connectivity index (χ4v) is 2.99. The second-order valence-corrected chi connectivity index (χ2v) is 6.15. The van der Waals surface area contributed by atoms with Crippen molar-refractivity contribution in [1.29, 1.82) is 0 Å². The molecular formula is C19H17F3NO5-. The number of esters is 1. The van der Waals surface area contributed by atoms with Crippen molar-refractivity contribution in [3.8, 4) is 0 Å². The fourth-order valence-electron chi connectivity index (χ4n) is 2.99. The third-order valence-corrected chi connectivity index (χ3v) is 4.40. The molecule has 2 aromatic rings. The molecule has 0 aliphatic rings. The van der Waals surface area contributed by atoms with Gasteiger partial charge in [0.25, 0.3) is 0 Å². The van der Waals surface area contributed by atoms with Crippen molar-refractivity contribution in [1.82, 2.24) is 0 Å². The minimum atomic E-state index is -2.91. The number of nitrogens with two attached hydrogens (primary N) is 1. The lowest BCUT2D eigenvalue weighted by Crippen LogP contribution is -2.59. The van der Waals surface area contributed by atoms with Crippen LogP contribution in [0.1, 0.15) is 11.1 Å². The maximum absolute atomic E-state index is 13.9. The molecule has 3 atom stereocenters. The second-order valence-electron chi connectivity index (χ2n) is 6.15. The van der Waals surface area contributed by atoms with Gasteiger partial charge >= 0.3 is 5.97 Å². The van der Waals surface area contributed by atoms with Crippen LogP contribution in [0.5, 0.6) is 0 Å². The number of carboxylic acid groups (broad SMARTS) is 1. The van der Waals surface area contributed by atoms with Crippen LogP contribution in [0, 0.1) is 23.4 Å². The predicted octanol–water partition coefficient (Wildman–Crippen LogP) is 0.401. The number of hydrogen-bond donors (Lipinski definition) is 2. The van der Waals surface area contributed by atoms with Gasteiger partial charge in [0, 0.05) is 12.1 Å². The Morgan fingerprint density at radius 3 is 2.25 bits per heavy atom. The first-order valence-corrected chi connectivity index (χ1v) is 8.09. The number of halogens is 3. The molecule has 150 valence electrons. The van der Waals surface area contributed by atoms with Crippen LogP contribution in [-0.4, -0.2) is 30.2 Å². The van der Waals surface area contributed by atoms with Gasteiger partial charge in [0.1, 0.15) is 17.3 Å². The van der Waals surface area contributed by atoms with Crippen molar-refractivity contribution in [3.63, 3.8) is 0 Å². The normalized spacial score (nSPS) is 15.4. The highest BCUT2D eigenvalue weighted by molar-refractivity contribution is 5.87. The smallest absolute Gasteiger partial charge is 0.313 e. The summed E-state index contributed by atoms with van der Waals surface area (Å²) in [5.74, 6) is -9.08. The molecule has 0 heterocycles. The maximum Gasteiger partial charge on any atom is 0.313 e. The van der Waals surface area contributed by atoms with Gasteiger partial charge in [-0.25, -0.2) is 13.2 Å². The molecule has 0 aromatic heterocycles. The van der Waals surface area contributed by atoms with Crippen LogP contribution >= 0.6 is 0 Å². The van der Waals surface area contributed by atoms with E-state index in [1.807, 2.05) is 0 Å². The van der Waals surface area contributed by atoms with Crippen LogP contribution in [0.4, 0.5) is 13.2 Å². The van der Waals surface area contributed by atoms with Gasteiger partial charge in [0.05, 0.1) is 13.1 Å². The summed E-state index contributed by atoms with van der Waals surface area (Å²) >= 11 is 0. The van der Waals surface area contributed by atoms with Crippen molar-refractivity contribution in [2.75, 3.05) is 7.11 Å². The Balaban J connectivity index is 2.52. The molecule has 0 saturated heterocycles. The molecule has 0 radical (unpaired) electrons. The second kappa shape index (κ2) is 8.41. The topological polar surface area (TPSA) is 113 Å². The van der Waals surface area contributed by atoms with Crippen LogP contribution in [0.2, 0.25) is 0 Å². The van der Waals surface area contributed by atoms with Gasteiger partial charge in [-0.05, 0) is 23.6 Å². The lowest BCUT2D eigenvalue weighted by atomic mass is 9.75. The first kappa shape index (κ1) is 21.4. The highest BCUT2D eigenvalue weighted by Gasteiger charge is 2.48. The molecule has 3 N–H and O–H groups in total. The van der Waals surface area contributed by atoms with Crippen LogP contribution < -0.4 is 10.8 Å². The largest absolute Gasteiger partial charge is 0.547 e. The van der Waals surface area contributed by atoms with E-state index in [1.54, 1.807) is 6.07 Å². The Labute approximate surface area is 158 Å². The van der Waals surface area contributed by atoms with Gasteiger partial charge in [0.15, 0.2) is 11.6 Å². The fraction of sp³-hybridized carbons (Fsp3) is 0.263. The Morgan fingerprint density at radius 1 is 1.14 bits per heavy atom. The molecule has 2 rings (SSSR count). The molecule has 6 nitrogen and oxygen atoms in total. The van der Waals surface area contributed by atoms with Crippen LogP contribution in [0.25, 0.3) is 0 Å². The van der Waals surface area contributed by atoms with E-state index in [0.29, 0.717) is 12.1 Å². The quantitative estimate of drug-likeness (QED) is 0.518. The molecule has 0 bridgehead atoms. The Kier molecular flexibility index (Phi) is 6.42. The van der Waals surface area contributed by atoms with Gasteiger partial charge in [-0.3, -0.25) is 4.79 Å². The third kappa shape index (κ3) is 4.00. The lowest BCUT2D eigenvalue weighted by molar-refractivity contribution is -0.330. The number of hydrogen-bond acceptors (Lipinski definition) is 6. The van der Waals surface area contributed by atoms with Crippen LogP contribution in [0.15, 0.2) is 42.5 Å². The summed E-state index contributed by atoms with van der Waals surface area (Å²) in [7, 11) is 0.945. The van der Waals surface area contributed by atoms with Gasteiger partial charge < -0.3 is 25.5 Å². The predicted molar refractivity (Wildman–Crippen MR) is 88.8 cm³/mol. The zero-order chi connectivity index (χ0) is 21.1. The van der Waals surface area contributed by atoms with E-state index in [2.05, 4.69) is 4.74 Å². The average Bonchev–Trinajstić information content (AvgIpc) is 2.66. The molecule has 0 aliphatic carbocycles. The van der Waals surface area contributed by atoms with Crippen molar-refractivity contribution in [3.05, 3.63) is 71.0 Å². The van der Waals surface area contributed by atoms with Gasteiger partial charge in [0.2, 0.25) is 0 Å². The minimum absolute atomic E-state index is 0.216. The molecular weight excluding hydrogens is 379 g/mol. The van der Waals surface area contributed by atoms with Crippen molar-refractivity contribution in [2.45, 2.75) is 18.1 Å². The molecule has 0 spiro atoms. The van der Waals surface area contributed by atoms with Gasteiger partial charge in [-0.2, -0.15) is 0 Å². The molecule has 0 amide bonds. The number of carbonyl (C=O) groups excluding carboxylic acids is 2. The number of aliphatic carboxylic acids is 1. The summed E-state index contributed by atoms with van der Waals surface area (Å²) in [6, 6.07) is 6.13. The molecule has 0 aliphatic heterocycles. The summed E-state index contributed by atoms with van der Waals surface area (Å²) in [6.07, 6.45) is -0.592. The number of ether oxygens (including phenoxy) is 1. The number of carboxylic acids is 1. The number of aliphatic hydroxyl groups is 1.